The molecule has 2 aromatic carbocycles. The normalized spacial score (nSPS) is 10.6. The SMILES string of the molecule is COc1ccc(NC(=O)Cn2c(C)cc3ccccc32)c(OC)c1. The predicted octanol–water partition coefficient (Wildman–Crippen LogP) is 3.61. The van der Waals surface area contributed by atoms with Gasteiger partial charge in [0.05, 0.1) is 19.9 Å². The smallest absolute Gasteiger partial charge is 0.244 e. The summed E-state index contributed by atoms with van der Waals surface area (Å²) in [5.74, 6) is 1.14. The molecule has 3 aromatic rings. The van der Waals surface area contributed by atoms with Gasteiger partial charge >= 0.3 is 0 Å². The second-order valence-electron chi connectivity index (χ2n) is 5.55. The number of para-hydroxylation sites is 1. The number of ether oxygens (including phenoxy) is 2. The summed E-state index contributed by atoms with van der Waals surface area (Å²) in [7, 11) is 3.15. The third kappa shape index (κ3) is 3.06. The van der Waals surface area contributed by atoms with Gasteiger partial charge in [-0.25, -0.2) is 0 Å². The maximum absolute atomic E-state index is 12.5. The third-order valence-electron chi connectivity index (χ3n) is 4.00. The molecule has 0 saturated heterocycles. The van der Waals surface area contributed by atoms with Crippen molar-refractivity contribution in [2.75, 3.05) is 19.5 Å². The first-order chi connectivity index (χ1) is 11.6. The van der Waals surface area contributed by atoms with Gasteiger partial charge < -0.3 is 19.4 Å². The van der Waals surface area contributed by atoms with Gasteiger partial charge in [-0.05, 0) is 36.6 Å². The number of amides is 1. The van der Waals surface area contributed by atoms with Crippen LogP contribution in [0.25, 0.3) is 10.9 Å². The van der Waals surface area contributed by atoms with Crippen LogP contribution >= 0.6 is 0 Å². The van der Waals surface area contributed by atoms with Crippen molar-refractivity contribution in [2.24, 2.45) is 0 Å². The van der Waals surface area contributed by atoms with Crippen LogP contribution in [0.5, 0.6) is 11.5 Å². The van der Waals surface area contributed by atoms with E-state index >= 15 is 0 Å². The third-order valence-corrected chi connectivity index (χ3v) is 4.00. The van der Waals surface area contributed by atoms with Gasteiger partial charge in [0.15, 0.2) is 0 Å². The van der Waals surface area contributed by atoms with Crippen molar-refractivity contribution in [3.05, 3.63) is 54.2 Å². The number of carbonyl (C=O) groups excluding carboxylic acids is 1. The van der Waals surface area contributed by atoms with E-state index in [-0.39, 0.29) is 12.5 Å². The Morgan fingerprint density at radius 2 is 1.88 bits per heavy atom. The van der Waals surface area contributed by atoms with Crippen LogP contribution < -0.4 is 14.8 Å². The molecule has 0 saturated carbocycles. The summed E-state index contributed by atoms with van der Waals surface area (Å²) >= 11 is 0. The Bertz CT molecular complexity index is 883. The highest BCUT2D eigenvalue weighted by Crippen LogP contribution is 2.29. The molecule has 0 fully saturated rings. The zero-order valence-corrected chi connectivity index (χ0v) is 14.0. The molecule has 1 N–H and O–H groups in total. The summed E-state index contributed by atoms with van der Waals surface area (Å²) in [5.41, 5.74) is 2.72. The van der Waals surface area contributed by atoms with Gasteiger partial charge in [0, 0.05) is 17.3 Å². The van der Waals surface area contributed by atoms with E-state index in [0.717, 1.165) is 16.6 Å². The molecule has 0 aliphatic carbocycles. The number of anilines is 1. The summed E-state index contributed by atoms with van der Waals surface area (Å²) < 4.78 is 12.5. The van der Waals surface area contributed by atoms with Crippen LogP contribution in [-0.2, 0) is 11.3 Å². The highest BCUT2D eigenvalue weighted by Gasteiger charge is 2.12. The number of aromatic nitrogens is 1. The predicted molar refractivity (Wildman–Crippen MR) is 94.9 cm³/mol. The van der Waals surface area contributed by atoms with Crippen molar-refractivity contribution in [1.82, 2.24) is 4.57 Å². The van der Waals surface area contributed by atoms with Crippen molar-refractivity contribution in [3.63, 3.8) is 0 Å². The fourth-order valence-corrected chi connectivity index (χ4v) is 2.79. The molecule has 0 aliphatic heterocycles. The maximum Gasteiger partial charge on any atom is 0.244 e. The zero-order chi connectivity index (χ0) is 17.1. The Morgan fingerprint density at radius 3 is 2.62 bits per heavy atom. The lowest BCUT2D eigenvalue weighted by atomic mass is 10.2. The number of hydrogen-bond acceptors (Lipinski definition) is 3. The van der Waals surface area contributed by atoms with E-state index in [4.69, 9.17) is 9.47 Å². The minimum atomic E-state index is -0.108. The van der Waals surface area contributed by atoms with Crippen LogP contribution in [0, 0.1) is 6.92 Å². The molecule has 0 bridgehead atoms. The lowest BCUT2D eigenvalue weighted by molar-refractivity contribution is -0.116. The fraction of sp³-hybridized carbons (Fsp3) is 0.211. The van der Waals surface area contributed by atoms with Crippen molar-refractivity contribution in [1.29, 1.82) is 0 Å². The van der Waals surface area contributed by atoms with Gasteiger partial charge in [0.25, 0.3) is 0 Å². The van der Waals surface area contributed by atoms with E-state index < -0.39 is 0 Å². The highest BCUT2D eigenvalue weighted by atomic mass is 16.5. The Balaban J connectivity index is 1.82. The van der Waals surface area contributed by atoms with Crippen LogP contribution in [0.4, 0.5) is 5.69 Å². The summed E-state index contributed by atoms with van der Waals surface area (Å²) in [6.45, 7) is 2.25. The molecule has 24 heavy (non-hydrogen) atoms. The number of nitrogens with one attached hydrogen (secondary N) is 1. The first kappa shape index (κ1) is 15.9. The number of fused-ring (bicyclic) bond motifs is 1. The average molecular weight is 324 g/mol. The van der Waals surface area contributed by atoms with E-state index in [0.29, 0.717) is 17.2 Å². The molecule has 3 rings (SSSR count). The van der Waals surface area contributed by atoms with Crippen LogP contribution in [-0.4, -0.2) is 24.7 Å². The maximum atomic E-state index is 12.5. The second-order valence-corrected chi connectivity index (χ2v) is 5.55. The first-order valence-electron chi connectivity index (χ1n) is 7.69. The van der Waals surface area contributed by atoms with Crippen molar-refractivity contribution < 1.29 is 14.3 Å². The quantitative estimate of drug-likeness (QED) is 0.780. The molecule has 5 nitrogen and oxygen atoms in total. The van der Waals surface area contributed by atoms with E-state index in [1.54, 1.807) is 32.4 Å². The van der Waals surface area contributed by atoms with E-state index in [9.17, 15) is 4.79 Å². The molecule has 5 heteroatoms. The summed E-state index contributed by atoms with van der Waals surface area (Å²) in [4.78, 5) is 12.5. The molecular weight excluding hydrogens is 304 g/mol. The van der Waals surface area contributed by atoms with Crippen molar-refractivity contribution in [2.45, 2.75) is 13.5 Å². The topological polar surface area (TPSA) is 52.5 Å². The monoisotopic (exact) mass is 324 g/mol. The number of benzene rings is 2. The van der Waals surface area contributed by atoms with Crippen molar-refractivity contribution in [3.8, 4) is 11.5 Å². The minimum absolute atomic E-state index is 0.108. The van der Waals surface area contributed by atoms with Gasteiger partial charge in [0.2, 0.25) is 5.91 Å². The second kappa shape index (κ2) is 6.66. The molecule has 0 spiro atoms. The molecular formula is C19H20N2O3. The van der Waals surface area contributed by atoms with Crippen LogP contribution in [0.15, 0.2) is 48.5 Å². The average Bonchev–Trinajstić information content (AvgIpc) is 2.91. The summed E-state index contributed by atoms with van der Waals surface area (Å²) in [6.07, 6.45) is 0. The van der Waals surface area contributed by atoms with Gasteiger partial charge in [0.1, 0.15) is 18.0 Å². The Hall–Kier alpha value is -2.95. The zero-order valence-electron chi connectivity index (χ0n) is 14.0. The number of nitrogens with zero attached hydrogens (tertiary/aromatic N) is 1. The fourth-order valence-electron chi connectivity index (χ4n) is 2.79. The molecule has 1 heterocycles. The summed E-state index contributed by atoms with van der Waals surface area (Å²) in [6, 6.07) is 15.4. The Kier molecular flexibility index (Phi) is 4.42. The minimum Gasteiger partial charge on any atom is -0.497 e. The lowest BCUT2D eigenvalue weighted by Crippen LogP contribution is -2.19. The van der Waals surface area contributed by atoms with Gasteiger partial charge in [-0.15, -0.1) is 0 Å². The highest BCUT2D eigenvalue weighted by molar-refractivity contribution is 5.93. The number of hydrogen-bond donors (Lipinski definition) is 1. The van der Waals surface area contributed by atoms with Gasteiger partial charge in [-0.2, -0.15) is 0 Å². The van der Waals surface area contributed by atoms with Crippen LogP contribution in [0.1, 0.15) is 5.69 Å². The first-order valence-corrected chi connectivity index (χ1v) is 7.69. The molecule has 0 unspecified atom stereocenters. The Morgan fingerprint density at radius 1 is 1.08 bits per heavy atom. The molecule has 0 atom stereocenters. The van der Waals surface area contributed by atoms with Crippen LogP contribution in [0.3, 0.4) is 0 Å². The molecule has 0 aliphatic rings. The van der Waals surface area contributed by atoms with Gasteiger partial charge in [-0.3, -0.25) is 4.79 Å². The van der Waals surface area contributed by atoms with E-state index in [2.05, 4.69) is 11.4 Å². The molecule has 0 radical (unpaired) electrons. The standard InChI is InChI=1S/C19H20N2O3/c1-13-10-14-6-4-5-7-17(14)21(13)12-19(22)20-16-9-8-15(23-2)11-18(16)24-3/h4-11H,12H2,1-3H3,(H,20,22). The molecule has 124 valence electrons. The molecule has 1 amide bonds. The van der Waals surface area contributed by atoms with Crippen LogP contribution in [0.2, 0.25) is 0 Å². The summed E-state index contributed by atoms with van der Waals surface area (Å²) in [5, 5.41) is 4.03. The Labute approximate surface area is 140 Å². The number of carbonyl (C=O) groups is 1. The largest absolute Gasteiger partial charge is 0.497 e. The number of rotatable bonds is 5. The number of methoxy groups -OCH3 is 2. The van der Waals surface area contributed by atoms with E-state index in [1.165, 1.54) is 0 Å². The van der Waals surface area contributed by atoms with E-state index in [1.807, 2.05) is 35.8 Å². The van der Waals surface area contributed by atoms with Crippen molar-refractivity contribution >= 4 is 22.5 Å². The van der Waals surface area contributed by atoms with Gasteiger partial charge in [-0.1, -0.05) is 18.2 Å². The lowest BCUT2D eigenvalue weighted by Gasteiger charge is -2.13. The molecule has 1 aromatic heterocycles. The number of aryl methyl sites for hydroxylation is 1.